The van der Waals surface area contributed by atoms with Gasteiger partial charge >= 0.3 is 136 Å². The van der Waals surface area contributed by atoms with Gasteiger partial charge in [0.25, 0.3) is 0 Å². The van der Waals surface area contributed by atoms with E-state index >= 15 is 0 Å². The Bertz CT molecular complexity index is 401. The number of hydrogen-bond acceptors (Lipinski definition) is 2. The van der Waals surface area contributed by atoms with Crippen LogP contribution in [0.3, 0.4) is 0 Å². The average Bonchev–Trinajstić information content (AvgIpc) is 2.91. The Morgan fingerprint density at radius 1 is 0.762 bits per heavy atom. The standard InChI is InChI=1S/2C5.2C2H4O2.Fe.2Hg/c2*1-2-4-5-3-1;2*1-2(3)4;;;/h;;2*1H3,(H,3,4);;;/q2*-5;;;+2;;/p+2. The van der Waals surface area contributed by atoms with Crippen molar-refractivity contribution in [1.82, 2.24) is 0 Å². The normalized spacial score (nSPS) is 7.52. The van der Waals surface area contributed by atoms with Crippen molar-refractivity contribution in [2.45, 2.75) is 13.8 Å². The first kappa shape index (κ1) is 26.0. The molecule has 2 aromatic carbocycles. The van der Waals surface area contributed by atoms with E-state index in [9.17, 15) is 0 Å². The van der Waals surface area contributed by atoms with E-state index in [4.69, 9.17) is 19.8 Å². The summed E-state index contributed by atoms with van der Waals surface area (Å²) in [5.41, 5.74) is 0. The van der Waals surface area contributed by atoms with Gasteiger partial charge in [-0.3, -0.25) is 0 Å². The third kappa shape index (κ3) is 33.1. The van der Waals surface area contributed by atoms with Gasteiger partial charge in [-0.25, -0.2) is 0 Å². The monoisotopic (exact) mass is 702 g/mol. The summed E-state index contributed by atoms with van der Waals surface area (Å²) in [6.07, 6.45) is 0. The zero-order valence-corrected chi connectivity index (χ0v) is 23.7. The quantitative estimate of drug-likeness (QED) is 0.183. The zero-order chi connectivity index (χ0) is 16.0. The molecule has 0 bridgehead atoms. The molecule has 21 heavy (non-hydrogen) atoms. The van der Waals surface area contributed by atoms with E-state index in [1.165, 1.54) is 20.0 Å². The molecule has 0 spiro atoms. The van der Waals surface area contributed by atoms with Crippen LogP contribution in [0.25, 0.3) is 0 Å². The Hall–Kier alpha value is 0.0296. The SMILES string of the molecule is CC(=O)[OH2+].CC(=O)[OH2+].[Fe+2].[Hg][c-]1[c-][c-][c-][c-]1.[Hg][c-]1[c-][c-][c-][c-]1. The van der Waals surface area contributed by atoms with Gasteiger partial charge in [0.2, 0.25) is 0 Å². The molecule has 0 amide bonds. The molecule has 7 heteroatoms. The van der Waals surface area contributed by atoms with Crippen molar-refractivity contribution in [2.24, 2.45) is 0 Å². The molecule has 0 radical (unpaired) electrons. The first-order chi connectivity index (χ1) is 9.25. The number of carbonyl (C=O) groups excluding carboxylic acids is 2. The van der Waals surface area contributed by atoms with Crippen LogP contribution in [0, 0.1) is 48.5 Å². The molecular formula is C14H10FeHg2O4-6. The van der Waals surface area contributed by atoms with Crippen molar-refractivity contribution in [2.75, 3.05) is 0 Å². The maximum atomic E-state index is 9.11. The molecule has 2 rings (SSSR count). The fourth-order valence-corrected chi connectivity index (χ4v) is 1.86. The summed E-state index contributed by atoms with van der Waals surface area (Å²) in [5.74, 6) is -1.17. The second-order valence-electron chi connectivity index (χ2n) is 3.07. The summed E-state index contributed by atoms with van der Waals surface area (Å²) in [7, 11) is 0. The van der Waals surface area contributed by atoms with Crippen LogP contribution in [-0.4, -0.2) is 22.2 Å². The van der Waals surface area contributed by atoms with Gasteiger partial charge in [0.1, 0.15) is 0 Å². The van der Waals surface area contributed by atoms with Crippen molar-refractivity contribution in [3.63, 3.8) is 0 Å². The van der Waals surface area contributed by atoms with Crippen LogP contribution in [0.4, 0.5) is 0 Å². The van der Waals surface area contributed by atoms with Gasteiger partial charge in [0.05, 0.1) is 13.8 Å². The van der Waals surface area contributed by atoms with Crippen molar-refractivity contribution in [3.8, 4) is 0 Å². The summed E-state index contributed by atoms with van der Waals surface area (Å²) < 4.78 is 2.35. The Labute approximate surface area is 168 Å². The van der Waals surface area contributed by atoms with Gasteiger partial charge < -0.3 is 10.2 Å². The predicted octanol–water partition coefficient (Wildman–Crippen LogP) is -1.93. The minimum atomic E-state index is -0.583. The van der Waals surface area contributed by atoms with Gasteiger partial charge in [0, 0.05) is 9.59 Å². The minimum absolute atomic E-state index is 0. The van der Waals surface area contributed by atoms with E-state index in [2.05, 4.69) is 48.5 Å². The van der Waals surface area contributed by atoms with Gasteiger partial charge in [0.15, 0.2) is 0 Å². The topological polar surface area (TPSA) is 79.9 Å². The summed E-state index contributed by atoms with van der Waals surface area (Å²) in [4.78, 5) is 18.2. The third-order valence-corrected chi connectivity index (χ3v) is 3.73. The number of carbonyl (C=O) groups is 2. The maximum absolute atomic E-state index is 9.11. The number of rotatable bonds is 0. The molecule has 0 heterocycles. The molecule has 4 nitrogen and oxygen atoms in total. The number of hydrogen-bond donors (Lipinski definition) is 0. The Morgan fingerprint density at radius 2 is 0.905 bits per heavy atom. The Balaban J connectivity index is -0.000000208. The Kier molecular flexibility index (Phi) is 22.3. The van der Waals surface area contributed by atoms with E-state index in [0.717, 1.165) is 0 Å². The summed E-state index contributed by atoms with van der Waals surface area (Å²) in [6.45, 7) is 2.39. The predicted molar refractivity (Wildman–Crippen MR) is 62.6 cm³/mol. The fourth-order valence-electron chi connectivity index (χ4n) is 0.489. The molecule has 4 N–H and O–H groups in total. The van der Waals surface area contributed by atoms with Crippen molar-refractivity contribution < 1.29 is 89.1 Å². The van der Waals surface area contributed by atoms with Gasteiger partial charge in [-0.05, 0) is 0 Å². The molecule has 0 atom stereocenters. The van der Waals surface area contributed by atoms with Crippen LogP contribution >= 0.6 is 0 Å². The molecule has 2 aromatic rings. The molecule has 0 saturated carbocycles. The second-order valence-corrected chi connectivity index (χ2v) is 8.57. The van der Waals surface area contributed by atoms with Crippen LogP contribution in [-0.2, 0) is 78.9 Å². The van der Waals surface area contributed by atoms with E-state index in [1.807, 2.05) is 0 Å². The molecule has 0 aromatic heterocycles. The van der Waals surface area contributed by atoms with Crippen LogP contribution < -0.4 is 6.14 Å². The fraction of sp³-hybridized carbons (Fsp3) is 0.143. The summed E-state index contributed by atoms with van der Waals surface area (Å²) in [5, 5.41) is 11.9. The molecule has 108 valence electrons. The van der Waals surface area contributed by atoms with Gasteiger partial charge in [-0.15, -0.1) is 0 Å². The van der Waals surface area contributed by atoms with E-state index < -0.39 is 11.9 Å². The van der Waals surface area contributed by atoms with Crippen LogP contribution in [0.1, 0.15) is 13.8 Å². The van der Waals surface area contributed by atoms with Crippen LogP contribution in [0.15, 0.2) is 0 Å². The van der Waals surface area contributed by atoms with E-state index in [1.54, 1.807) is 0 Å². The zero-order valence-electron chi connectivity index (χ0n) is 11.6. The van der Waals surface area contributed by atoms with Crippen molar-refractivity contribution in [3.05, 3.63) is 48.5 Å². The Morgan fingerprint density at radius 3 is 0.952 bits per heavy atom. The molecule has 0 aliphatic heterocycles. The second kappa shape index (κ2) is 18.1. The molecule has 0 aliphatic carbocycles. The van der Waals surface area contributed by atoms with Crippen LogP contribution in [0.2, 0.25) is 0 Å². The molecule has 0 unspecified atom stereocenters. The first-order valence-electron chi connectivity index (χ1n) is 5.12. The summed E-state index contributed by atoms with van der Waals surface area (Å²) in [6, 6.07) is 22.1. The van der Waals surface area contributed by atoms with Gasteiger partial charge in [-0.1, -0.05) is 0 Å². The molecule has 0 saturated heterocycles. The molecular weight excluding hydrogens is 689 g/mol. The van der Waals surface area contributed by atoms with E-state index in [-0.39, 0.29) is 17.1 Å². The molecule has 0 fully saturated rings. The molecule has 0 aliphatic rings. The first-order valence-corrected chi connectivity index (χ1v) is 10.6. The van der Waals surface area contributed by atoms with Gasteiger partial charge in [-0.2, -0.15) is 0 Å². The summed E-state index contributed by atoms with van der Waals surface area (Å²) >= 11 is 1.33. The van der Waals surface area contributed by atoms with Crippen molar-refractivity contribution >= 4 is 18.1 Å². The van der Waals surface area contributed by atoms with E-state index in [0.29, 0.717) is 52.2 Å². The van der Waals surface area contributed by atoms with Crippen LogP contribution in [0.5, 0.6) is 0 Å². The average molecular weight is 699 g/mol. The van der Waals surface area contributed by atoms with Crippen molar-refractivity contribution in [1.29, 1.82) is 0 Å². The third-order valence-electron chi connectivity index (χ3n) is 0.979.